The molecule has 3 nitrogen and oxygen atoms in total. The Balaban J connectivity index is 2.12. The van der Waals surface area contributed by atoms with Gasteiger partial charge in [0.05, 0.1) is 11.0 Å². The Labute approximate surface area is 95.3 Å². The van der Waals surface area contributed by atoms with Gasteiger partial charge in [0, 0.05) is 12.1 Å². The summed E-state index contributed by atoms with van der Waals surface area (Å²) in [5, 5.41) is 0. The van der Waals surface area contributed by atoms with Crippen LogP contribution in [0.2, 0.25) is 0 Å². The van der Waals surface area contributed by atoms with Crippen molar-refractivity contribution in [2.24, 2.45) is 5.73 Å². The summed E-state index contributed by atoms with van der Waals surface area (Å²) in [4.78, 5) is 4.60. The van der Waals surface area contributed by atoms with Gasteiger partial charge in [-0.1, -0.05) is 12.1 Å². The monoisotopic (exact) mass is 215 g/mol. The van der Waals surface area contributed by atoms with Crippen LogP contribution in [0.25, 0.3) is 11.0 Å². The van der Waals surface area contributed by atoms with Crippen molar-refractivity contribution in [3.05, 3.63) is 30.1 Å². The van der Waals surface area contributed by atoms with Crippen molar-refractivity contribution in [2.45, 2.75) is 38.3 Å². The smallest absolute Gasteiger partial charge is 0.106 e. The molecule has 2 atom stereocenters. The Morgan fingerprint density at radius 3 is 2.88 bits per heavy atom. The van der Waals surface area contributed by atoms with E-state index in [1.807, 2.05) is 6.07 Å². The van der Waals surface area contributed by atoms with Crippen molar-refractivity contribution < 1.29 is 0 Å². The third-order valence-corrected chi connectivity index (χ3v) is 3.58. The van der Waals surface area contributed by atoms with Crippen LogP contribution in [0.1, 0.15) is 31.1 Å². The van der Waals surface area contributed by atoms with Gasteiger partial charge in [0.2, 0.25) is 0 Å². The molecule has 16 heavy (non-hydrogen) atoms. The van der Waals surface area contributed by atoms with Crippen LogP contribution >= 0.6 is 0 Å². The second-order valence-corrected chi connectivity index (χ2v) is 4.74. The molecular formula is C13H17N3. The molecule has 0 amide bonds. The number of benzene rings is 1. The fourth-order valence-corrected chi connectivity index (χ4v) is 2.85. The molecule has 0 saturated heterocycles. The van der Waals surface area contributed by atoms with Crippen LogP contribution in [-0.4, -0.2) is 15.6 Å². The predicted octanol–water partition coefficient (Wildman–Crippen LogP) is 2.40. The molecule has 0 spiro atoms. The molecule has 2 N–H and O–H groups in total. The van der Waals surface area contributed by atoms with E-state index in [9.17, 15) is 0 Å². The number of imidazole rings is 1. The fourth-order valence-electron chi connectivity index (χ4n) is 2.85. The lowest BCUT2D eigenvalue weighted by Crippen LogP contribution is -2.16. The summed E-state index contributed by atoms with van der Waals surface area (Å²) in [7, 11) is 0. The highest BCUT2D eigenvalue weighted by molar-refractivity contribution is 5.76. The number of fused-ring (bicyclic) bond motifs is 1. The molecule has 0 aliphatic heterocycles. The zero-order chi connectivity index (χ0) is 11.1. The first-order chi connectivity index (χ1) is 7.75. The lowest BCUT2D eigenvalue weighted by atomic mass is 10.2. The van der Waals surface area contributed by atoms with E-state index < -0.39 is 0 Å². The molecule has 1 aromatic heterocycles. The van der Waals surface area contributed by atoms with Crippen LogP contribution in [0, 0.1) is 6.92 Å². The van der Waals surface area contributed by atoms with Crippen molar-refractivity contribution in [2.75, 3.05) is 0 Å². The molecule has 0 radical (unpaired) electrons. The van der Waals surface area contributed by atoms with E-state index in [0.29, 0.717) is 12.1 Å². The Bertz CT molecular complexity index is 515. The first-order valence-electron chi connectivity index (χ1n) is 5.95. The summed E-state index contributed by atoms with van der Waals surface area (Å²) in [5.74, 6) is 1.11. The van der Waals surface area contributed by atoms with Gasteiger partial charge in [0.1, 0.15) is 5.82 Å². The highest BCUT2D eigenvalue weighted by Gasteiger charge is 2.25. The van der Waals surface area contributed by atoms with E-state index >= 15 is 0 Å². The first kappa shape index (κ1) is 9.85. The quantitative estimate of drug-likeness (QED) is 0.793. The Morgan fingerprint density at radius 2 is 2.12 bits per heavy atom. The van der Waals surface area contributed by atoms with Gasteiger partial charge in [-0.15, -0.1) is 0 Å². The zero-order valence-electron chi connectivity index (χ0n) is 9.56. The number of hydrogen-bond donors (Lipinski definition) is 1. The number of nitrogens with zero attached hydrogens (tertiary/aromatic N) is 2. The van der Waals surface area contributed by atoms with Crippen LogP contribution in [0.4, 0.5) is 0 Å². The van der Waals surface area contributed by atoms with Gasteiger partial charge in [-0.3, -0.25) is 0 Å². The van der Waals surface area contributed by atoms with E-state index in [4.69, 9.17) is 5.73 Å². The van der Waals surface area contributed by atoms with Gasteiger partial charge in [-0.2, -0.15) is 0 Å². The largest absolute Gasteiger partial charge is 0.328 e. The Kier molecular flexibility index (Phi) is 2.21. The maximum atomic E-state index is 5.99. The summed E-state index contributed by atoms with van der Waals surface area (Å²) in [5.41, 5.74) is 8.34. The normalized spacial score (nSPS) is 25.4. The van der Waals surface area contributed by atoms with Crippen LogP contribution in [0.15, 0.2) is 24.3 Å². The average Bonchev–Trinajstić information content (AvgIpc) is 2.80. The number of aryl methyl sites for hydroxylation is 1. The van der Waals surface area contributed by atoms with Crippen LogP contribution in [0.5, 0.6) is 0 Å². The van der Waals surface area contributed by atoms with Crippen molar-refractivity contribution in [1.29, 1.82) is 0 Å². The average molecular weight is 215 g/mol. The molecule has 1 aromatic carbocycles. The first-order valence-corrected chi connectivity index (χ1v) is 5.95. The summed E-state index contributed by atoms with van der Waals surface area (Å²) in [6.07, 6.45) is 3.40. The number of nitrogens with two attached hydrogens (primary N) is 1. The SMILES string of the molecule is Cc1nc2ccccc2n1C1CCC(N)C1. The molecule has 1 aliphatic carbocycles. The van der Waals surface area contributed by atoms with E-state index in [1.54, 1.807) is 0 Å². The van der Waals surface area contributed by atoms with E-state index in [0.717, 1.165) is 24.2 Å². The minimum absolute atomic E-state index is 0.366. The van der Waals surface area contributed by atoms with Crippen molar-refractivity contribution in [1.82, 2.24) is 9.55 Å². The van der Waals surface area contributed by atoms with Crippen LogP contribution < -0.4 is 5.73 Å². The van der Waals surface area contributed by atoms with Crippen LogP contribution in [0.3, 0.4) is 0 Å². The number of hydrogen-bond acceptors (Lipinski definition) is 2. The lowest BCUT2D eigenvalue weighted by Gasteiger charge is -2.14. The Hall–Kier alpha value is -1.35. The maximum Gasteiger partial charge on any atom is 0.106 e. The third-order valence-electron chi connectivity index (χ3n) is 3.58. The predicted molar refractivity (Wildman–Crippen MR) is 65.3 cm³/mol. The minimum atomic E-state index is 0.366. The van der Waals surface area contributed by atoms with Crippen molar-refractivity contribution in [3.63, 3.8) is 0 Å². The molecule has 1 saturated carbocycles. The number of rotatable bonds is 1. The van der Waals surface area contributed by atoms with E-state index in [2.05, 4.69) is 34.7 Å². The van der Waals surface area contributed by atoms with Gasteiger partial charge < -0.3 is 10.3 Å². The number of aromatic nitrogens is 2. The fraction of sp³-hybridized carbons (Fsp3) is 0.462. The maximum absolute atomic E-state index is 5.99. The summed E-state index contributed by atoms with van der Waals surface area (Å²) >= 11 is 0. The minimum Gasteiger partial charge on any atom is -0.328 e. The molecule has 1 fully saturated rings. The topological polar surface area (TPSA) is 43.8 Å². The zero-order valence-corrected chi connectivity index (χ0v) is 9.56. The van der Waals surface area contributed by atoms with Gasteiger partial charge in [0.15, 0.2) is 0 Å². The van der Waals surface area contributed by atoms with Crippen molar-refractivity contribution >= 4 is 11.0 Å². The van der Waals surface area contributed by atoms with Gasteiger partial charge in [0.25, 0.3) is 0 Å². The molecule has 2 aromatic rings. The molecule has 1 aliphatic rings. The molecule has 3 rings (SSSR count). The van der Waals surface area contributed by atoms with Gasteiger partial charge in [-0.05, 0) is 38.3 Å². The summed E-state index contributed by atoms with van der Waals surface area (Å²) in [6, 6.07) is 9.26. The summed E-state index contributed by atoms with van der Waals surface area (Å²) < 4.78 is 2.36. The second-order valence-electron chi connectivity index (χ2n) is 4.74. The standard InChI is InChI=1S/C13H17N3/c1-9-15-12-4-2-3-5-13(12)16(9)11-7-6-10(14)8-11/h2-5,10-11H,6-8,14H2,1H3. The molecule has 0 bridgehead atoms. The molecule has 1 heterocycles. The highest BCUT2D eigenvalue weighted by Crippen LogP contribution is 2.32. The third kappa shape index (κ3) is 1.43. The molecule has 2 unspecified atom stereocenters. The second kappa shape index (κ2) is 3.59. The molecular weight excluding hydrogens is 198 g/mol. The molecule has 84 valence electrons. The van der Waals surface area contributed by atoms with Gasteiger partial charge in [-0.25, -0.2) is 4.98 Å². The van der Waals surface area contributed by atoms with E-state index in [-0.39, 0.29) is 0 Å². The molecule has 3 heteroatoms. The van der Waals surface area contributed by atoms with E-state index in [1.165, 1.54) is 11.9 Å². The van der Waals surface area contributed by atoms with Gasteiger partial charge >= 0.3 is 0 Å². The van der Waals surface area contributed by atoms with Crippen molar-refractivity contribution in [3.8, 4) is 0 Å². The Morgan fingerprint density at radius 1 is 1.31 bits per heavy atom. The number of para-hydroxylation sites is 2. The summed E-state index contributed by atoms with van der Waals surface area (Å²) in [6.45, 7) is 2.09. The highest BCUT2D eigenvalue weighted by atomic mass is 15.1. The lowest BCUT2D eigenvalue weighted by molar-refractivity contribution is 0.511. The van der Waals surface area contributed by atoms with Crippen LogP contribution in [-0.2, 0) is 0 Å².